The van der Waals surface area contributed by atoms with E-state index in [0.29, 0.717) is 12.8 Å². The molecule has 5 nitrogen and oxygen atoms in total. The fraction of sp³-hybridized carbons (Fsp3) is 0.818. The molecule has 0 saturated carbocycles. The maximum Gasteiger partial charge on any atom is 0.332 e. The lowest BCUT2D eigenvalue weighted by Gasteiger charge is -2.24. The lowest BCUT2D eigenvalue weighted by molar-refractivity contribution is -0.151. The van der Waals surface area contributed by atoms with E-state index in [-0.39, 0.29) is 11.9 Å². The van der Waals surface area contributed by atoms with Crippen molar-refractivity contribution in [2.45, 2.75) is 43.9 Å². The minimum atomic E-state index is -0.977. The van der Waals surface area contributed by atoms with Crippen LogP contribution in [0.3, 0.4) is 0 Å². The summed E-state index contributed by atoms with van der Waals surface area (Å²) in [6.45, 7) is 0. The SMILES string of the molecule is O=C(NC1CCSCC1)[C@@H]1CC[C@H](C(=O)O)O1. The second kappa shape index (κ2) is 5.73. The van der Waals surface area contributed by atoms with Crippen molar-refractivity contribution in [2.24, 2.45) is 0 Å². The van der Waals surface area contributed by atoms with Crippen molar-refractivity contribution < 1.29 is 19.4 Å². The van der Waals surface area contributed by atoms with Crippen molar-refractivity contribution >= 4 is 23.6 Å². The van der Waals surface area contributed by atoms with Gasteiger partial charge < -0.3 is 15.2 Å². The van der Waals surface area contributed by atoms with Gasteiger partial charge in [0.2, 0.25) is 5.91 Å². The molecular formula is C11H17NO4S. The summed E-state index contributed by atoms with van der Waals surface area (Å²) in [6, 6.07) is 0.233. The number of carbonyl (C=O) groups is 2. The number of amides is 1. The highest BCUT2D eigenvalue weighted by molar-refractivity contribution is 7.99. The van der Waals surface area contributed by atoms with Crippen LogP contribution >= 0.6 is 11.8 Å². The summed E-state index contributed by atoms with van der Waals surface area (Å²) in [7, 11) is 0. The van der Waals surface area contributed by atoms with Crippen molar-refractivity contribution in [3.05, 3.63) is 0 Å². The smallest absolute Gasteiger partial charge is 0.332 e. The molecule has 2 saturated heterocycles. The first-order valence-electron chi connectivity index (χ1n) is 5.93. The summed E-state index contributed by atoms with van der Waals surface area (Å²) in [6.07, 6.45) is 1.52. The van der Waals surface area contributed by atoms with Crippen LogP contribution in [0.15, 0.2) is 0 Å². The van der Waals surface area contributed by atoms with Gasteiger partial charge in [0, 0.05) is 6.04 Å². The molecule has 2 rings (SSSR count). The van der Waals surface area contributed by atoms with Gasteiger partial charge in [-0.1, -0.05) is 0 Å². The maximum atomic E-state index is 11.8. The van der Waals surface area contributed by atoms with Crippen LogP contribution in [0, 0.1) is 0 Å². The number of hydrogen-bond donors (Lipinski definition) is 2. The monoisotopic (exact) mass is 259 g/mol. The zero-order chi connectivity index (χ0) is 12.3. The van der Waals surface area contributed by atoms with E-state index < -0.39 is 18.2 Å². The fourth-order valence-electron chi connectivity index (χ4n) is 2.15. The molecule has 1 amide bonds. The van der Waals surface area contributed by atoms with E-state index in [1.807, 2.05) is 11.8 Å². The van der Waals surface area contributed by atoms with Gasteiger partial charge in [-0.3, -0.25) is 4.79 Å². The summed E-state index contributed by atoms with van der Waals surface area (Å²) < 4.78 is 5.21. The first kappa shape index (κ1) is 12.7. The average molecular weight is 259 g/mol. The summed E-state index contributed by atoms with van der Waals surface area (Å²) >= 11 is 1.90. The highest BCUT2D eigenvalue weighted by Gasteiger charge is 2.35. The molecule has 0 spiro atoms. The predicted octanol–water partition coefficient (Wildman–Crippen LogP) is 0.630. The van der Waals surface area contributed by atoms with Gasteiger partial charge in [-0.2, -0.15) is 11.8 Å². The van der Waals surface area contributed by atoms with E-state index in [4.69, 9.17) is 9.84 Å². The van der Waals surface area contributed by atoms with Crippen LogP contribution in [0.2, 0.25) is 0 Å². The van der Waals surface area contributed by atoms with Crippen molar-refractivity contribution in [2.75, 3.05) is 11.5 Å². The standard InChI is InChI=1S/C11H17NO4S/c13-10(12-7-3-5-17-6-4-7)8-1-2-9(16-8)11(14)15/h7-9H,1-6H2,(H,12,13)(H,14,15)/t8-,9+/m0/s1. The van der Waals surface area contributed by atoms with Gasteiger partial charge in [0.1, 0.15) is 6.10 Å². The molecule has 0 aliphatic carbocycles. The molecule has 0 aromatic rings. The molecule has 96 valence electrons. The highest BCUT2D eigenvalue weighted by Crippen LogP contribution is 2.21. The van der Waals surface area contributed by atoms with Crippen LogP contribution in [-0.2, 0) is 14.3 Å². The van der Waals surface area contributed by atoms with Crippen molar-refractivity contribution in [3.8, 4) is 0 Å². The van der Waals surface area contributed by atoms with Gasteiger partial charge in [0.05, 0.1) is 0 Å². The van der Waals surface area contributed by atoms with Crippen LogP contribution in [-0.4, -0.2) is 46.7 Å². The molecule has 0 aromatic carbocycles. The predicted molar refractivity (Wildman–Crippen MR) is 64.0 cm³/mol. The zero-order valence-electron chi connectivity index (χ0n) is 9.55. The van der Waals surface area contributed by atoms with Gasteiger partial charge >= 0.3 is 5.97 Å². The largest absolute Gasteiger partial charge is 0.479 e. The van der Waals surface area contributed by atoms with Crippen molar-refractivity contribution in [3.63, 3.8) is 0 Å². The first-order valence-corrected chi connectivity index (χ1v) is 7.08. The number of hydrogen-bond acceptors (Lipinski definition) is 4. The van der Waals surface area contributed by atoms with E-state index in [1.165, 1.54) is 0 Å². The van der Waals surface area contributed by atoms with Gasteiger partial charge in [0.25, 0.3) is 0 Å². The second-order valence-corrected chi connectivity index (χ2v) is 5.65. The first-order chi connectivity index (χ1) is 8.16. The molecule has 6 heteroatoms. The van der Waals surface area contributed by atoms with Gasteiger partial charge in [-0.15, -0.1) is 0 Å². The Labute approximate surface area is 104 Å². The number of rotatable bonds is 3. The molecule has 2 N–H and O–H groups in total. The highest BCUT2D eigenvalue weighted by atomic mass is 32.2. The molecular weight excluding hydrogens is 242 g/mol. The van der Waals surface area contributed by atoms with Gasteiger partial charge in [0.15, 0.2) is 6.10 Å². The molecule has 2 fully saturated rings. The lowest BCUT2D eigenvalue weighted by atomic mass is 10.1. The van der Waals surface area contributed by atoms with Crippen LogP contribution in [0.1, 0.15) is 25.7 Å². The van der Waals surface area contributed by atoms with Gasteiger partial charge in [-0.25, -0.2) is 4.79 Å². The number of carbonyl (C=O) groups excluding carboxylic acids is 1. The van der Waals surface area contributed by atoms with Gasteiger partial charge in [-0.05, 0) is 37.2 Å². The maximum absolute atomic E-state index is 11.8. The van der Waals surface area contributed by atoms with Crippen molar-refractivity contribution in [1.29, 1.82) is 0 Å². The molecule has 0 radical (unpaired) electrons. The van der Waals surface area contributed by atoms with Crippen LogP contribution < -0.4 is 5.32 Å². The van der Waals surface area contributed by atoms with E-state index in [9.17, 15) is 9.59 Å². The molecule has 2 heterocycles. The average Bonchev–Trinajstić information content (AvgIpc) is 2.79. The van der Waals surface area contributed by atoms with E-state index in [2.05, 4.69) is 5.32 Å². The summed E-state index contributed by atoms with van der Waals surface area (Å²) in [5.74, 6) is 1.03. The molecule has 2 aliphatic heterocycles. The summed E-state index contributed by atoms with van der Waals surface area (Å²) in [5.41, 5.74) is 0. The van der Waals surface area contributed by atoms with E-state index in [0.717, 1.165) is 24.3 Å². The summed E-state index contributed by atoms with van der Waals surface area (Å²) in [5, 5.41) is 11.7. The number of ether oxygens (including phenoxy) is 1. The Morgan fingerprint density at radius 3 is 2.35 bits per heavy atom. The number of carboxylic acid groups (broad SMARTS) is 1. The Hall–Kier alpha value is -0.750. The zero-order valence-corrected chi connectivity index (χ0v) is 10.4. The minimum absolute atomic E-state index is 0.148. The molecule has 0 unspecified atom stereocenters. The van der Waals surface area contributed by atoms with Crippen LogP contribution in [0.4, 0.5) is 0 Å². The molecule has 2 aliphatic rings. The minimum Gasteiger partial charge on any atom is -0.479 e. The quantitative estimate of drug-likeness (QED) is 0.777. The van der Waals surface area contributed by atoms with E-state index in [1.54, 1.807) is 0 Å². The number of thioether (sulfide) groups is 1. The molecule has 0 bridgehead atoms. The Balaban J connectivity index is 1.78. The Bertz CT molecular complexity index is 304. The third-order valence-electron chi connectivity index (χ3n) is 3.16. The fourth-order valence-corrected chi connectivity index (χ4v) is 3.25. The number of carboxylic acids is 1. The number of aliphatic carboxylic acids is 1. The van der Waals surface area contributed by atoms with Crippen LogP contribution in [0.5, 0.6) is 0 Å². The third-order valence-corrected chi connectivity index (χ3v) is 4.20. The molecule has 17 heavy (non-hydrogen) atoms. The summed E-state index contributed by atoms with van der Waals surface area (Å²) in [4.78, 5) is 22.5. The van der Waals surface area contributed by atoms with E-state index >= 15 is 0 Å². The molecule has 0 aromatic heterocycles. The second-order valence-electron chi connectivity index (χ2n) is 4.42. The Morgan fingerprint density at radius 2 is 1.76 bits per heavy atom. The lowest BCUT2D eigenvalue weighted by Crippen LogP contribution is -2.43. The van der Waals surface area contributed by atoms with Crippen LogP contribution in [0.25, 0.3) is 0 Å². The number of nitrogens with one attached hydrogen (secondary N) is 1. The topological polar surface area (TPSA) is 75.6 Å². The third kappa shape index (κ3) is 3.35. The van der Waals surface area contributed by atoms with Crippen molar-refractivity contribution in [1.82, 2.24) is 5.32 Å². The Morgan fingerprint density at radius 1 is 1.12 bits per heavy atom. The normalized spacial score (nSPS) is 30.1. The molecule has 2 atom stereocenters. The Kier molecular flexibility index (Phi) is 4.28.